The van der Waals surface area contributed by atoms with Gasteiger partial charge in [-0.05, 0) is 55.1 Å². The summed E-state index contributed by atoms with van der Waals surface area (Å²) >= 11 is 0. The summed E-state index contributed by atoms with van der Waals surface area (Å²) in [6.45, 7) is 5.72. The van der Waals surface area contributed by atoms with Gasteiger partial charge >= 0.3 is 5.97 Å². The topological polar surface area (TPSA) is 52.1 Å². The number of benzene rings is 1. The van der Waals surface area contributed by atoms with Crippen LogP contribution in [0.5, 0.6) is 0 Å². The average Bonchev–Trinajstić information content (AvgIpc) is 2.78. The first-order valence-corrected chi connectivity index (χ1v) is 10.8. The van der Waals surface area contributed by atoms with E-state index in [9.17, 15) is 9.18 Å². The van der Waals surface area contributed by atoms with E-state index in [1.165, 1.54) is 5.56 Å². The standard InChI is InChI=1S/C24H31FN2O2/c1-4-16(3)22(25)24(28)29-21-12-10-19(11-13-21)18-6-8-20(9-7-18)23-26-14-17(5-2)15-27-23/h6-9,14-16,19,21-22H,4-5,10-13H2,1-3H3/t16-,19?,21?,22-/m0/s1. The van der Waals surface area contributed by atoms with Gasteiger partial charge < -0.3 is 4.74 Å². The molecule has 2 aromatic rings. The lowest BCUT2D eigenvalue weighted by molar-refractivity contribution is -0.158. The fourth-order valence-electron chi connectivity index (χ4n) is 3.77. The summed E-state index contributed by atoms with van der Waals surface area (Å²) in [5.41, 5.74) is 3.43. The van der Waals surface area contributed by atoms with E-state index in [0.29, 0.717) is 12.3 Å². The summed E-state index contributed by atoms with van der Waals surface area (Å²) in [4.78, 5) is 20.9. The Morgan fingerprint density at radius 3 is 2.28 bits per heavy atom. The molecule has 0 unspecified atom stereocenters. The molecule has 1 saturated carbocycles. The minimum Gasteiger partial charge on any atom is -0.460 e. The molecule has 1 aliphatic rings. The van der Waals surface area contributed by atoms with Gasteiger partial charge in [-0.1, -0.05) is 51.5 Å². The SMILES string of the molecule is CCc1cnc(-c2ccc(C3CCC(OC(=O)[C@@H](F)[C@@H](C)CC)CC3)cc2)nc1. The van der Waals surface area contributed by atoms with Crippen molar-refractivity contribution in [3.63, 3.8) is 0 Å². The quantitative estimate of drug-likeness (QED) is 0.565. The predicted molar refractivity (Wildman–Crippen MR) is 112 cm³/mol. The zero-order chi connectivity index (χ0) is 20.8. The third-order valence-electron chi connectivity index (χ3n) is 6.08. The van der Waals surface area contributed by atoms with Gasteiger partial charge in [0.05, 0.1) is 0 Å². The monoisotopic (exact) mass is 398 g/mol. The van der Waals surface area contributed by atoms with Crippen molar-refractivity contribution in [3.05, 3.63) is 47.8 Å². The number of aryl methyl sites for hydroxylation is 1. The van der Waals surface area contributed by atoms with Gasteiger partial charge in [-0.25, -0.2) is 19.2 Å². The molecule has 0 amide bonds. The van der Waals surface area contributed by atoms with Crippen LogP contribution in [0.1, 0.15) is 69.9 Å². The van der Waals surface area contributed by atoms with Crippen LogP contribution < -0.4 is 0 Å². The molecule has 0 bridgehead atoms. The largest absolute Gasteiger partial charge is 0.460 e. The summed E-state index contributed by atoms with van der Waals surface area (Å²) in [7, 11) is 0. The van der Waals surface area contributed by atoms with E-state index in [2.05, 4.69) is 41.2 Å². The highest BCUT2D eigenvalue weighted by Gasteiger charge is 2.30. The van der Waals surface area contributed by atoms with E-state index < -0.39 is 12.1 Å². The first-order valence-electron chi connectivity index (χ1n) is 10.8. The highest BCUT2D eigenvalue weighted by molar-refractivity contribution is 5.75. The average molecular weight is 399 g/mol. The van der Waals surface area contributed by atoms with Crippen LogP contribution in [0.15, 0.2) is 36.7 Å². The highest BCUT2D eigenvalue weighted by atomic mass is 19.1. The minimum atomic E-state index is -1.51. The molecule has 0 aliphatic heterocycles. The fraction of sp³-hybridized carbons (Fsp3) is 0.542. The van der Waals surface area contributed by atoms with Crippen LogP contribution in [0, 0.1) is 5.92 Å². The second-order valence-electron chi connectivity index (χ2n) is 8.09. The first kappa shape index (κ1) is 21.4. The van der Waals surface area contributed by atoms with E-state index in [-0.39, 0.29) is 12.0 Å². The number of hydrogen-bond donors (Lipinski definition) is 0. The molecule has 0 N–H and O–H groups in total. The van der Waals surface area contributed by atoms with Crippen molar-refractivity contribution in [2.75, 3.05) is 0 Å². The summed E-state index contributed by atoms with van der Waals surface area (Å²) in [6.07, 6.45) is 7.10. The number of ether oxygens (including phenoxy) is 1. The number of hydrogen-bond acceptors (Lipinski definition) is 4. The molecule has 156 valence electrons. The van der Waals surface area contributed by atoms with Gasteiger partial charge in [0.25, 0.3) is 0 Å². The van der Waals surface area contributed by atoms with Crippen molar-refractivity contribution >= 4 is 5.97 Å². The summed E-state index contributed by atoms with van der Waals surface area (Å²) in [6, 6.07) is 8.43. The first-order chi connectivity index (χ1) is 14.0. The predicted octanol–water partition coefficient (Wildman–Crippen LogP) is 5.66. The van der Waals surface area contributed by atoms with E-state index in [1.54, 1.807) is 6.92 Å². The molecule has 1 aromatic heterocycles. The molecular weight excluding hydrogens is 367 g/mol. The molecule has 5 heteroatoms. The van der Waals surface area contributed by atoms with Crippen molar-refractivity contribution in [2.24, 2.45) is 5.92 Å². The molecule has 0 radical (unpaired) electrons. The van der Waals surface area contributed by atoms with Crippen molar-refractivity contribution in [1.29, 1.82) is 0 Å². The summed E-state index contributed by atoms with van der Waals surface area (Å²) in [5.74, 6) is 0.199. The second-order valence-corrected chi connectivity index (χ2v) is 8.09. The lowest BCUT2D eigenvalue weighted by atomic mass is 9.82. The number of halogens is 1. The van der Waals surface area contributed by atoms with Crippen LogP contribution >= 0.6 is 0 Å². The Balaban J connectivity index is 1.53. The Kier molecular flexibility index (Phi) is 7.34. The maximum absolute atomic E-state index is 14.0. The van der Waals surface area contributed by atoms with Gasteiger partial charge in [-0.2, -0.15) is 0 Å². The number of rotatable bonds is 7. The minimum absolute atomic E-state index is 0.161. The Morgan fingerprint density at radius 2 is 1.72 bits per heavy atom. The van der Waals surface area contributed by atoms with Gasteiger partial charge in [0.15, 0.2) is 12.0 Å². The number of aromatic nitrogens is 2. The molecule has 1 fully saturated rings. The molecule has 29 heavy (non-hydrogen) atoms. The smallest absolute Gasteiger partial charge is 0.341 e. The molecule has 1 heterocycles. The Bertz CT molecular complexity index is 784. The van der Waals surface area contributed by atoms with Crippen molar-refractivity contribution in [1.82, 2.24) is 9.97 Å². The number of esters is 1. The molecule has 0 spiro atoms. The van der Waals surface area contributed by atoms with Crippen molar-refractivity contribution in [2.45, 2.75) is 77.5 Å². The molecule has 1 aliphatic carbocycles. The molecular formula is C24H31FN2O2. The summed E-state index contributed by atoms with van der Waals surface area (Å²) < 4.78 is 19.4. The Labute approximate surface area is 172 Å². The van der Waals surface area contributed by atoms with Crippen LogP contribution in [0.4, 0.5) is 4.39 Å². The van der Waals surface area contributed by atoms with Gasteiger partial charge in [-0.15, -0.1) is 0 Å². The normalized spacial score (nSPS) is 21.4. The molecule has 2 atom stereocenters. The molecule has 1 aromatic carbocycles. The van der Waals surface area contributed by atoms with Gasteiger partial charge in [0.2, 0.25) is 0 Å². The second kappa shape index (κ2) is 9.95. The highest BCUT2D eigenvalue weighted by Crippen LogP contribution is 2.35. The van der Waals surface area contributed by atoms with Gasteiger partial charge in [-0.3, -0.25) is 0 Å². The van der Waals surface area contributed by atoms with Crippen LogP contribution in [-0.4, -0.2) is 28.2 Å². The molecule has 3 rings (SSSR count). The van der Waals surface area contributed by atoms with Crippen LogP contribution in [-0.2, 0) is 16.0 Å². The number of carbonyl (C=O) groups is 1. The maximum Gasteiger partial charge on any atom is 0.341 e. The van der Waals surface area contributed by atoms with Gasteiger partial charge in [0.1, 0.15) is 6.10 Å². The van der Waals surface area contributed by atoms with E-state index in [1.807, 2.05) is 19.3 Å². The Hall–Kier alpha value is -2.30. The van der Waals surface area contributed by atoms with Crippen molar-refractivity contribution in [3.8, 4) is 11.4 Å². The van der Waals surface area contributed by atoms with E-state index in [4.69, 9.17) is 4.74 Å². The fourth-order valence-corrected chi connectivity index (χ4v) is 3.77. The zero-order valence-electron chi connectivity index (χ0n) is 17.6. The van der Waals surface area contributed by atoms with Crippen molar-refractivity contribution < 1.29 is 13.9 Å². The zero-order valence-corrected chi connectivity index (χ0v) is 17.6. The third-order valence-corrected chi connectivity index (χ3v) is 6.08. The van der Waals surface area contributed by atoms with Crippen LogP contribution in [0.3, 0.4) is 0 Å². The lowest BCUT2D eigenvalue weighted by Gasteiger charge is -2.29. The Morgan fingerprint density at radius 1 is 1.10 bits per heavy atom. The van der Waals surface area contributed by atoms with Crippen LogP contribution in [0.25, 0.3) is 11.4 Å². The summed E-state index contributed by atoms with van der Waals surface area (Å²) in [5, 5.41) is 0. The number of carbonyl (C=O) groups excluding carboxylic acids is 1. The maximum atomic E-state index is 14.0. The van der Waals surface area contributed by atoms with E-state index in [0.717, 1.165) is 49.1 Å². The van der Waals surface area contributed by atoms with E-state index >= 15 is 0 Å². The molecule has 4 nitrogen and oxygen atoms in total. The molecule has 0 saturated heterocycles. The van der Waals surface area contributed by atoms with Gasteiger partial charge in [0, 0.05) is 18.0 Å². The number of alkyl halides is 1. The third kappa shape index (κ3) is 5.40. The number of nitrogens with zero attached hydrogens (tertiary/aromatic N) is 2. The van der Waals surface area contributed by atoms with Crippen LogP contribution in [0.2, 0.25) is 0 Å². The lowest BCUT2D eigenvalue weighted by Crippen LogP contribution is -2.31.